The van der Waals surface area contributed by atoms with Gasteiger partial charge in [-0.25, -0.2) is 4.99 Å². The third-order valence-corrected chi connectivity index (χ3v) is 5.91. The molecule has 3 aromatic carbocycles. The Hall–Kier alpha value is -3.43. The molecule has 28 heavy (non-hydrogen) atoms. The standard InChI is InChI=1S/C25H18N2S/c1-2-18(19-8-4-3-5-9-19)16-26-17-27-22-11-7-6-10-20(22)25-21-14-15-28-24(21)13-12-23(25)27/h2-17H,1H2/b18-16+,26-17?. The summed E-state index contributed by atoms with van der Waals surface area (Å²) >= 11 is 1.78. The lowest BCUT2D eigenvalue weighted by Gasteiger charge is -2.01. The van der Waals surface area contributed by atoms with E-state index in [0.29, 0.717) is 0 Å². The van der Waals surface area contributed by atoms with Gasteiger partial charge in [0.1, 0.15) is 0 Å². The lowest BCUT2D eigenvalue weighted by atomic mass is 10.1. The van der Waals surface area contributed by atoms with Crippen LogP contribution in [0.1, 0.15) is 5.56 Å². The van der Waals surface area contributed by atoms with E-state index in [-0.39, 0.29) is 0 Å². The second kappa shape index (κ2) is 6.95. The minimum atomic E-state index is 0.998. The predicted molar refractivity (Wildman–Crippen MR) is 123 cm³/mol. The summed E-state index contributed by atoms with van der Waals surface area (Å²) < 4.78 is 3.48. The Morgan fingerprint density at radius 2 is 1.68 bits per heavy atom. The summed E-state index contributed by atoms with van der Waals surface area (Å²) in [6.07, 6.45) is 5.61. The summed E-state index contributed by atoms with van der Waals surface area (Å²) in [5, 5.41) is 6.00. The predicted octanol–water partition coefficient (Wildman–Crippen LogP) is 7.11. The summed E-state index contributed by atoms with van der Waals surface area (Å²) in [5.41, 5.74) is 4.44. The molecule has 2 heterocycles. The maximum Gasteiger partial charge on any atom is 0.0996 e. The van der Waals surface area contributed by atoms with E-state index in [2.05, 4.69) is 76.1 Å². The minimum absolute atomic E-state index is 0.998. The fourth-order valence-electron chi connectivity index (χ4n) is 3.72. The van der Waals surface area contributed by atoms with E-state index in [1.54, 1.807) is 11.3 Å². The summed E-state index contributed by atoms with van der Waals surface area (Å²) in [6, 6.07) is 25.3. The van der Waals surface area contributed by atoms with Gasteiger partial charge in [0, 0.05) is 27.1 Å². The lowest BCUT2D eigenvalue weighted by molar-refractivity contribution is 1.31. The fraction of sp³-hybridized carbons (Fsp3) is 0. The fourth-order valence-corrected chi connectivity index (χ4v) is 4.52. The highest BCUT2D eigenvalue weighted by Crippen LogP contribution is 2.36. The van der Waals surface area contributed by atoms with Gasteiger partial charge in [0.15, 0.2) is 0 Å². The van der Waals surface area contributed by atoms with Crippen LogP contribution in [0, 0.1) is 0 Å². The molecule has 5 aromatic rings. The normalized spacial score (nSPS) is 12.5. The summed E-state index contributed by atoms with van der Waals surface area (Å²) in [5.74, 6) is 0. The highest BCUT2D eigenvalue weighted by molar-refractivity contribution is 7.17. The molecule has 0 N–H and O–H groups in total. The highest BCUT2D eigenvalue weighted by Gasteiger charge is 2.12. The largest absolute Gasteiger partial charge is 0.300 e. The molecule has 3 heteroatoms. The quantitative estimate of drug-likeness (QED) is 0.180. The van der Waals surface area contributed by atoms with Gasteiger partial charge in [-0.05, 0) is 40.8 Å². The van der Waals surface area contributed by atoms with Gasteiger partial charge < -0.3 is 0 Å². The van der Waals surface area contributed by atoms with Crippen LogP contribution in [-0.2, 0) is 0 Å². The van der Waals surface area contributed by atoms with E-state index in [0.717, 1.165) is 16.7 Å². The number of benzene rings is 3. The Morgan fingerprint density at radius 1 is 0.857 bits per heavy atom. The number of allylic oxidation sites excluding steroid dienone is 2. The molecule has 2 nitrogen and oxygen atoms in total. The van der Waals surface area contributed by atoms with Gasteiger partial charge in [0.2, 0.25) is 0 Å². The first-order chi connectivity index (χ1) is 13.9. The second-order valence-electron chi connectivity index (χ2n) is 6.60. The molecule has 0 amide bonds. The Bertz CT molecular complexity index is 1370. The first kappa shape index (κ1) is 16.7. The molecule has 0 aliphatic heterocycles. The van der Waals surface area contributed by atoms with Crippen molar-refractivity contribution in [3.05, 3.63) is 103 Å². The van der Waals surface area contributed by atoms with E-state index in [1.165, 1.54) is 26.4 Å². The number of thiophene rings is 1. The van der Waals surface area contributed by atoms with Crippen LogP contribution in [0.15, 0.2) is 102 Å². The van der Waals surface area contributed by atoms with Gasteiger partial charge in [-0.2, -0.15) is 0 Å². The Kier molecular flexibility index (Phi) is 4.15. The number of nitrogens with zero attached hydrogens (tertiary/aromatic N) is 2. The number of fused-ring (bicyclic) bond motifs is 5. The number of aromatic nitrogens is 1. The van der Waals surface area contributed by atoms with Crippen LogP contribution in [0.25, 0.3) is 37.5 Å². The van der Waals surface area contributed by atoms with Crippen molar-refractivity contribution in [2.75, 3.05) is 0 Å². The lowest BCUT2D eigenvalue weighted by Crippen LogP contribution is -1.94. The zero-order valence-corrected chi connectivity index (χ0v) is 16.1. The smallest absolute Gasteiger partial charge is 0.0996 e. The zero-order valence-electron chi connectivity index (χ0n) is 15.2. The first-order valence-corrected chi connectivity index (χ1v) is 10.0. The molecule has 2 aromatic heterocycles. The molecule has 0 fully saturated rings. The molecule has 0 unspecified atom stereocenters. The molecule has 0 atom stereocenters. The van der Waals surface area contributed by atoms with Gasteiger partial charge in [0.25, 0.3) is 0 Å². The summed E-state index contributed by atoms with van der Waals surface area (Å²) in [7, 11) is 0. The number of hydrogen-bond acceptors (Lipinski definition) is 2. The van der Waals surface area contributed by atoms with Crippen molar-refractivity contribution in [3.63, 3.8) is 0 Å². The molecular weight excluding hydrogens is 360 g/mol. The van der Waals surface area contributed by atoms with Crippen LogP contribution in [0.3, 0.4) is 0 Å². The maximum atomic E-state index is 4.64. The molecule has 0 aliphatic carbocycles. The van der Waals surface area contributed by atoms with E-state index in [4.69, 9.17) is 0 Å². The zero-order chi connectivity index (χ0) is 18.9. The Balaban J connectivity index is 1.69. The number of hydrogen-bond donors (Lipinski definition) is 0. The molecule has 134 valence electrons. The van der Waals surface area contributed by atoms with Crippen LogP contribution in [0.5, 0.6) is 0 Å². The first-order valence-electron chi connectivity index (χ1n) is 9.17. The molecule has 0 saturated carbocycles. The summed E-state index contributed by atoms with van der Waals surface area (Å²) in [4.78, 5) is 4.64. The van der Waals surface area contributed by atoms with E-state index >= 15 is 0 Å². The van der Waals surface area contributed by atoms with Crippen LogP contribution < -0.4 is 0 Å². The average molecular weight is 379 g/mol. The van der Waals surface area contributed by atoms with Gasteiger partial charge in [-0.1, -0.05) is 61.2 Å². The maximum absolute atomic E-state index is 4.64. The highest BCUT2D eigenvalue weighted by atomic mass is 32.1. The molecule has 0 radical (unpaired) electrons. The van der Waals surface area contributed by atoms with Crippen molar-refractivity contribution in [1.29, 1.82) is 0 Å². The van der Waals surface area contributed by atoms with Crippen molar-refractivity contribution in [3.8, 4) is 0 Å². The molecule has 0 aliphatic rings. The van der Waals surface area contributed by atoms with Crippen molar-refractivity contribution >= 4 is 55.1 Å². The third kappa shape index (κ3) is 2.68. The SMILES string of the molecule is C=C/C(=C\N=Cn1c2ccccc2c2c3ccsc3ccc21)c1ccccc1. The van der Waals surface area contributed by atoms with Gasteiger partial charge in [-0.3, -0.25) is 4.57 Å². The van der Waals surface area contributed by atoms with Crippen molar-refractivity contribution < 1.29 is 0 Å². The molecule has 0 spiro atoms. The Labute approximate surface area is 167 Å². The number of rotatable bonds is 4. The minimum Gasteiger partial charge on any atom is -0.300 e. The topological polar surface area (TPSA) is 17.3 Å². The van der Waals surface area contributed by atoms with Crippen LogP contribution >= 0.6 is 11.3 Å². The van der Waals surface area contributed by atoms with Crippen molar-refractivity contribution in [2.45, 2.75) is 0 Å². The molecule has 0 bridgehead atoms. The third-order valence-electron chi connectivity index (χ3n) is 5.03. The molecular formula is C25H18N2S. The van der Waals surface area contributed by atoms with Gasteiger partial charge >= 0.3 is 0 Å². The van der Waals surface area contributed by atoms with E-state index < -0.39 is 0 Å². The molecule has 5 rings (SSSR count). The second-order valence-corrected chi connectivity index (χ2v) is 7.55. The monoisotopic (exact) mass is 378 g/mol. The van der Waals surface area contributed by atoms with Crippen LogP contribution in [0.2, 0.25) is 0 Å². The van der Waals surface area contributed by atoms with Gasteiger partial charge in [-0.15, -0.1) is 11.3 Å². The van der Waals surface area contributed by atoms with Crippen LogP contribution in [-0.4, -0.2) is 10.9 Å². The van der Waals surface area contributed by atoms with Crippen molar-refractivity contribution in [1.82, 2.24) is 4.57 Å². The van der Waals surface area contributed by atoms with Crippen LogP contribution in [0.4, 0.5) is 0 Å². The number of aliphatic imine (C=N–C) groups is 1. The van der Waals surface area contributed by atoms with Crippen molar-refractivity contribution in [2.24, 2.45) is 4.99 Å². The molecule has 0 saturated heterocycles. The summed E-state index contributed by atoms with van der Waals surface area (Å²) in [6.45, 7) is 3.93. The average Bonchev–Trinajstić information content (AvgIpc) is 3.34. The van der Waals surface area contributed by atoms with Gasteiger partial charge in [0.05, 0.1) is 17.4 Å². The number of para-hydroxylation sites is 1. The Morgan fingerprint density at radius 3 is 2.54 bits per heavy atom. The van der Waals surface area contributed by atoms with E-state index in [1.807, 2.05) is 36.8 Å². The van der Waals surface area contributed by atoms with E-state index in [9.17, 15) is 0 Å².